The second-order valence-electron chi connectivity index (χ2n) is 6.64. The molecule has 1 atom stereocenters. The van der Waals surface area contributed by atoms with E-state index in [9.17, 15) is 4.79 Å². The Bertz CT molecular complexity index is 760. The number of hydrogen-bond donors (Lipinski definition) is 1. The SMILES string of the molecule is O=C(NC1CN2CCC1CC2)c1ccc(Sc2cccc(Cl)n2)cc1. The van der Waals surface area contributed by atoms with Crippen LogP contribution in [0.1, 0.15) is 23.2 Å². The zero-order chi connectivity index (χ0) is 17.2. The van der Waals surface area contributed by atoms with Gasteiger partial charge in [0.25, 0.3) is 5.91 Å². The maximum absolute atomic E-state index is 12.5. The lowest BCUT2D eigenvalue weighted by Crippen LogP contribution is -2.57. The Morgan fingerprint density at radius 2 is 1.92 bits per heavy atom. The molecule has 3 aliphatic heterocycles. The summed E-state index contributed by atoms with van der Waals surface area (Å²) in [6, 6.07) is 13.5. The van der Waals surface area contributed by atoms with Crippen LogP contribution in [0.15, 0.2) is 52.4 Å². The van der Waals surface area contributed by atoms with Gasteiger partial charge in [-0.3, -0.25) is 4.79 Å². The molecule has 6 heteroatoms. The molecule has 1 N–H and O–H groups in total. The summed E-state index contributed by atoms with van der Waals surface area (Å²) in [5.74, 6) is 0.661. The Morgan fingerprint density at radius 3 is 2.56 bits per heavy atom. The summed E-state index contributed by atoms with van der Waals surface area (Å²) in [5.41, 5.74) is 0.708. The molecule has 3 aliphatic rings. The number of hydrogen-bond acceptors (Lipinski definition) is 4. The molecule has 1 aromatic carbocycles. The average molecular weight is 374 g/mol. The molecule has 0 spiro atoms. The van der Waals surface area contributed by atoms with E-state index in [0.29, 0.717) is 22.7 Å². The monoisotopic (exact) mass is 373 g/mol. The highest BCUT2D eigenvalue weighted by molar-refractivity contribution is 7.99. The number of aromatic nitrogens is 1. The van der Waals surface area contributed by atoms with Crippen molar-refractivity contribution in [3.05, 3.63) is 53.2 Å². The first-order valence-corrected chi connectivity index (χ1v) is 9.80. The van der Waals surface area contributed by atoms with E-state index in [1.54, 1.807) is 6.07 Å². The van der Waals surface area contributed by atoms with Crippen LogP contribution in [0.4, 0.5) is 0 Å². The first-order chi connectivity index (χ1) is 12.2. The Morgan fingerprint density at radius 1 is 1.16 bits per heavy atom. The predicted molar refractivity (Wildman–Crippen MR) is 100 cm³/mol. The van der Waals surface area contributed by atoms with Gasteiger partial charge in [-0.15, -0.1) is 0 Å². The predicted octanol–water partition coefficient (Wildman–Crippen LogP) is 3.71. The summed E-state index contributed by atoms with van der Waals surface area (Å²) in [6.45, 7) is 3.35. The van der Waals surface area contributed by atoms with Crippen molar-refractivity contribution in [1.82, 2.24) is 15.2 Å². The van der Waals surface area contributed by atoms with Gasteiger partial charge in [-0.25, -0.2) is 4.98 Å². The van der Waals surface area contributed by atoms with Crippen molar-refractivity contribution in [1.29, 1.82) is 0 Å². The van der Waals surface area contributed by atoms with Crippen molar-refractivity contribution < 1.29 is 4.79 Å². The number of piperidine rings is 3. The summed E-state index contributed by atoms with van der Waals surface area (Å²) >= 11 is 7.45. The van der Waals surface area contributed by atoms with Crippen LogP contribution in [0.5, 0.6) is 0 Å². The van der Waals surface area contributed by atoms with Gasteiger partial charge >= 0.3 is 0 Å². The molecule has 0 aliphatic carbocycles. The van der Waals surface area contributed by atoms with Crippen molar-refractivity contribution in [2.45, 2.75) is 28.8 Å². The van der Waals surface area contributed by atoms with Gasteiger partial charge in [-0.05, 0) is 68.2 Å². The summed E-state index contributed by atoms with van der Waals surface area (Å²) in [7, 11) is 0. The van der Waals surface area contributed by atoms with Crippen LogP contribution in [-0.2, 0) is 0 Å². The van der Waals surface area contributed by atoms with Crippen LogP contribution < -0.4 is 5.32 Å². The molecule has 1 unspecified atom stereocenters. The minimum atomic E-state index is 0.0242. The molecule has 3 fully saturated rings. The number of nitrogens with one attached hydrogen (secondary N) is 1. The fourth-order valence-electron chi connectivity index (χ4n) is 3.62. The molecule has 4 nitrogen and oxygen atoms in total. The largest absolute Gasteiger partial charge is 0.348 e. The van der Waals surface area contributed by atoms with Gasteiger partial charge in [0.15, 0.2) is 0 Å². The number of carbonyl (C=O) groups excluding carboxylic acids is 1. The van der Waals surface area contributed by atoms with Crippen molar-refractivity contribution in [3.8, 4) is 0 Å². The van der Waals surface area contributed by atoms with E-state index in [1.807, 2.05) is 36.4 Å². The van der Waals surface area contributed by atoms with E-state index in [4.69, 9.17) is 11.6 Å². The molecule has 130 valence electrons. The van der Waals surface area contributed by atoms with Crippen LogP contribution in [0.3, 0.4) is 0 Å². The topological polar surface area (TPSA) is 45.2 Å². The first-order valence-electron chi connectivity index (χ1n) is 8.61. The fraction of sp³-hybridized carbons (Fsp3) is 0.368. The third-order valence-corrected chi connectivity index (χ3v) is 6.16. The number of nitrogens with zero attached hydrogens (tertiary/aromatic N) is 2. The maximum atomic E-state index is 12.5. The van der Waals surface area contributed by atoms with Crippen LogP contribution in [0.2, 0.25) is 5.15 Å². The summed E-state index contributed by atoms with van der Waals surface area (Å²) < 4.78 is 0. The average Bonchev–Trinajstić information content (AvgIpc) is 2.63. The van der Waals surface area contributed by atoms with Crippen LogP contribution in [0, 0.1) is 5.92 Å². The van der Waals surface area contributed by atoms with Gasteiger partial charge in [-0.2, -0.15) is 0 Å². The fourth-order valence-corrected chi connectivity index (χ4v) is 4.64. The van der Waals surface area contributed by atoms with Gasteiger partial charge in [0.05, 0.1) is 0 Å². The molecule has 4 heterocycles. The zero-order valence-corrected chi connectivity index (χ0v) is 15.4. The summed E-state index contributed by atoms with van der Waals surface area (Å²) in [5, 5.41) is 4.56. The third-order valence-electron chi connectivity index (χ3n) is 5.00. The van der Waals surface area contributed by atoms with Crippen LogP contribution >= 0.6 is 23.4 Å². The summed E-state index contributed by atoms with van der Waals surface area (Å²) in [6.07, 6.45) is 2.40. The number of amides is 1. The van der Waals surface area contributed by atoms with Gasteiger partial charge < -0.3 is 10.2 Å². The lowest BCUT2D eigenvalue weighted by atomic mass is 9.84. The van der Waals surface area contributed by atoms with Crippen molar-refractivity contribution in [3.63, 3.8) is 0 Å². The Labute approximate surface area is 157 Å². The number of fused-ring (bicyclic) bond motifs is 3. The van der Waals surface area contributed by atoms with Gasteiger partial charge in [-0.1, -0.05) is 29.4 Å². The van der Waals surface area contributed by atoms with Crippen molar-refractivity contribution in [2.24, 2.45) is 5.92 Å². The van der Waals surface area contributed by atoms with Gasteiger partial charge in [0.1, 0.15) is 10.2 Å². The molecule has 2 bridgehead atoms. The highest BCUT2D eigenvalue weighted by Gasteiger charge is 2.34. The zero-order valence-electron chi connectivity index (χ0n) is 13.8. The quantitative estimate of drug-likeness (QED) is 0.830. The molecule has 0 radical (unpaired) electrons. The highest BCUT2D eigenvalue weighted by Crippen LogP contribution is 2.29. The Kier molecular flexibility index (Phi) is 4.97. The van der Waals surface area contributed by atoms with Gasteiger partial charge in [0.2, 0.25) is 0 Å². The van der Waals surface area contributed by atoms with E-state index >= 15 is 0 Å². The van der Waals surface area contributed by atoms with Crippen LogP contribution in [0.25, 0.3) is 0 Å². The molecular weight excluding hydrogens is 354 g/mol. The van der Waals surface area contributed by atoms with E-state index in [2.05, 4.69) is 15.2 Å². The minimum Gasteiger partial charge on any atom is -0.348 e. The summed E-state index contributed by atoms with van der Waals surface area (Å²) in [4.78, 5) is 20.3. The lowest BCUT2D eigenvalue weighted by molar-refractivity contribution is 0.0620. The smallest absolute Gasteiger partial charge is 0.251 e. The second kappa shape index (κ2) is 7.36. The number of carbonyl (C=O) groups is 1. The van der Waals surface area contributed by atoms with Crippen molar-refractivity contribution in [2.75, 3.05) is 19.6 Å². The minimum absolute atomic E-state index is 0.0242. The molecule has 5 rings (SSSR count). The Hall–Kier alpha value is -1.56. The first kappa shape index (κ1) is 16.9. The molecule has 0 saturated carbocycles. The number of rotatable bonds is 4. The molecule has 1 amide bonds. The maximum Gasteiger partial charge on any atom is 0.251 e. The van der Waals surface area contributed by atoms with E-state index < -0.39 is 0 Å². The highest BCUT2D eigenvalue weighted by atomic mass is 35.5. The standard InChI is InChI=1S/C19H20ClN3OS/c20-17-2-1-3-18(22-17)25-15-6-4-14(5-7-15)19(24)21-16-12-23-10-8-13(16)9-11-23/h1-7,13,16H,8-12H2,(H,21,24). The molecule has 1 aromatic heterocycles. The van der Waals surface area contributed by atoms with Gasteiger partial charge in [0, 0.05) is 23.0 Å². The number of benzene rings is 1. The number of pyridine rings is 1. The third kappa shape index (κ3) is 4.00. The van der Waals surface area contributed by atoms with E-state index in [-0.39, 0.29) is 5.91 Å². The normalized spacial score (nSPS) is 24.9. The van der Waals surface area contributed by atoms with E-state index in [0.717, 1.165) is 16.5 Å². The van der Waals surface area contributed by atoms with Crippen LogP contribution in [-0.4, -0.2) is 41.5 Å². The van der Waals surface area contributed by atoms with E-state index in [1.165, 1.54) is 37.7 Å². The second-order valence-corrected chi connectivity index (χ2v) is 8.12. The Balaban J connectivity index is 1.39. The molecule has 3 saturated heterocycles. The molecular formula is C19H20ClN3OS. The molecule has 2 aromatic rings. The lowest BCUT2D eigenvalue weighted by Gasteiger charge is -2.44. The number of halogens is 1. The molecule has 25 heavy (non-hydrogen) atoms. The van der Waals surface area contributed by atoms with Crippen molar-refractivity contribution >= 4 is 29.3 Å².